The summed E-state index contributed by atoms with van der Waals surface area (Å²) in [5, 5.41) is 10.6. The fraction of sp³-hybridized carbons (Fsp3) is 0.250. The third-order valence-electron chi connectivity index (χ3n) is 3.25. The van der Waals surface area contributed by atoms with Crippen molar-refractivity contribution in [2.45, 2.75) is 18.9 Å². The standard InChI is InChI=1S/C16H16BrFO2/c1-16(19,12-3-5-13(18)6-4-12)10-11-9-14(20-2)7-8-15(11)17/h3-9,19H,10H2,1-2H3. The number of rotatable bonds is 4. The first-order valence-corrected chi connectivity index (χ1v) is 7.02. The van der Waals surface area contributed by atoms with Gasteiger partial charge in [-0.2, -0.15) is 0 Å². The van der Waals surface area contributed by atoms with Gasteiger partial charge in [0.1, 0.15) is 11.6 Å². The van der Waals surface area contributed by atoms with Crippen molar-refractivity contribution < 1.29 is 14.2 Å². The Morgan fingerprint density at radius 3 is 2.45 bits per heavy atom. The van der Waals surface area contributed by atoms with Crippen molar-refractivity contribution in [1.29, 1.82) is 0 Å². The lowest BCUT2D eigenvalue weighted by Gasteiger charge is -2.25. The molecule has 1 atom stereocenters. The summed E-state index contributed by atoms with van der Waals surface area (Å²) in [6, 6.07) is 11.5. The van der Waals surface area contributed by atoms with Crippen LogP contribution in [0.15, 0.2) is 46.9 Å². The van der Waals surface area contributed by atoms with Gasteiger partial charge < -0.3 is 9.84 Å². The second-order valence-corrected chi connectivity index (χ2v) is 5.77. The molecule has 0 fully saturated rings. The van der Waals surface area contributed by atoms with Gasteiger partial charge in [-0.25, -0.2) is 4.39 Å². The van der Waals surface area contributed by atoms with E-state index < -0.39 is 5.60 Å². The molecule has 0 saturated heterocycles. The van der Waals surface area contributed by atoms with Crippen LogP contribution in [0, 0.1) is 5.82 Å². The molecule has 0 spiro atoms. The Labute approximate surface area is 126 Å². The zero-order valence-electron chi connectivity index (χ0n) is 11.4. The number of hydrogen-bond donors (Lipinski definition) is 1. The minimum absolute atomic E-state index is 0.313. The Morgan fingerprint density at radius 1 is 1.20 bits per heavy atom. The molecular formula is C16H16BrFO2. The van der Waals surface area contributed by atoms with E-state index in [4.69, 9.17) is 4.74 Å². The SMILES string of the molecule is COc1ccc(Br)c(CC(C)(O)c2ccc(F)cc2)c1. The Kier molecular flexibility index (Phi) is 4.45. The lowest BCUT2D eigenvalue weighted by atomic mass is 9.89. The van der Waals surface area contributed by atoms with Gasteiger partial charge in [-0.3, -0.25) is 0 Å². The maximum Gasteiger partial charge on any atom is 0.123 e. The van der Waals surface area contributed by atoms with Crippen LogP contribution in [0.4, 0.5) is 4.39 Å². The van der Waals surface area contributed by atoms with Crippen molar-refractivity contribution in [3.05, 3.63) is 63.9 Å². The van der Waals surface area contributed by atoms with Crippen molar-refractivity contribution in [3.63, 3.8) is 0 Å². The fourth-order valence-electron chi connectivity index (χ4n) is 2.10. The summed E-state index contributed by atoms with van der Waals surface area (Å²) in [5.74, 6) is 0.421. The van der Waals surface area contributed by atoms with E-state index in [1.54, 1.807) is 26.2 Å². The van der Waals surface area contributed by atoms with Gasteiger partial charge >= 0.3 is 0 Å². The van der Waals surface area contributed by atoms with Crippen LogP contribution in [0.1, 0.15) is 18.1 Å². The van der Waals surface area contributed by atoms with Crippen LogP contribution >= 0.6 is 15.9 Å². The van der Waals surface area contributed by atoms with Crippen LogP contribution in [0.3, 0.4) is 0 Å². The molecule has 0 aromatic heterocycles. The van der Waals surface area contributed by atoms with Crippen LogP contribution < -0.4 is 4.74 Å². The van der Waals surface area contributed by atoms with Crippen molar-refractivity contribution in [2.75, 3.05) is 7.11 Å². The Balaban J connectivity index is 2.29. The molecule has 4 heteroatoms. The first-order chi connectivity index (χ1) is 9.42. The van der Waals surface area contributed by atoms with E-state index in [1.807, 2.05) is 18.2 Å². The van der Waals surface area contributed by atoms with Gasteiger partial charge in [0.05, 0.1) is 12.7 Å². The van der Waals surface area contributed by atoms with Crippen molar-refractivity contribution in [1.82, 2.24) is 0 Å². The molecular weight excluding hydrogens is 323 g/mol. The second kappa shape index (κ2) is 5.94. The monoisotopic (exact) mass is 338 g/mol. The van der Waals surface area contributed by atoms with Crippen LogP contribution in [0.5, 0.6) is 5.75 Å². The highest BCUT2D eigenvalue weighted by molar-refractivity contribution is 9.10. The summed E-state index contributed by atoms with van der Waals surface area (Å²) in [7, 11) is 1.60. The predicted octanol–water partition coefficient (Wildman–Crippen LogP) is 4.05. The molecule has 0 radical (unpaired) electrons. The first kappa shape index (κ1) is 15.0. The van der Waals surface area contributed by atoms with Gasteiger partial charge in [0, 0.05) is 10.9 Å². The molecule has 0 aliphatic heterocycles. The van der Waals surface area contributed by atoms with E-state index in [1.165, 1.54) is 12.1 Å². The molecule has 20 heavy (non-hydrogen) atoms. The maximum absolute atomic E-state index is 13.0. The summed E-state index contributed by atoms with van der Waals surface area (Å²) in [4.78, 5) is 0. The van der Waals surface area contributed by atoms with E-state index in [0.717, 1.165) is 15.8 Å². The number of methoxy groups -OCH3 is 1. The second-order valence-electron chi connectivity index (χ2n) is 4.91. The molecule has 2 rings (SSSR count). The smallest absolute Gasteiger partial charge is 0.123 e. The molecule has 0 amide bonds. The van der Waals surface area contributed by atoms with Gasteiger partial charge in [-0.05, 0) is 48.4 Å². The zero-order valence-corrected chi connectivity index (χ0v) is 12.9. The number of benzene rings is 2. The van der Waals surface area contributed by atoms with Crippen molar-refractivity contribution >= 4 is 15.9 Å². The molecule has 0 bridgehead atoms. The highest BCUT2D eigenvalue weighted by Gasteiger charge is 2.24. The minimum atomic E-state index is -1.08. The molecule has 0 heterocycles. The lowest BCUT2D eigenvalue weighted by Crippen LogP contribution is -2.24. The molecule has 0 saturated carbocycles. The zero-order chi connectivity index (χ0) is 14.8. The van der Waals surface area contributed by atoms with E-state index in [0.29, 0.717) is 12.0 Å². The topological polar surface area (TPSA) is 29.5 Å². The van der Waals surface area contributed by atoms with Gasteiger partial charge in [-0.1, -0.05) is 28.1 Å². The Hall–Kier alpha value is -1.39. The third-order valence-corrected chi connectivity index (χ3v) is 4.03. The first-order valence-electron chi connectivity index (χ1n) is 6.23. The molecule has 2 nitrogen and oxygen atoms in total. The molecule has 1 unspecified atom stereocenters. The predicted molar refractivity (Wildman–Crippen MR) is 80.4 cm³/mol. The third kappa shape index (κ3) is 3.38. The highest BCUT2D eigenvalue weighted by Crippen LogP contribution is 2.31. The van der Waals surface area contributed by atoms with Gasteiger partial charge in [0.25, 0.3) is 0 Å². The average Bonchev–Trinajstić information content (AvgIpc) is 2.41. The molecule has 0 aliphatic carbocycles. The van der Waals surface area contributed by atoms with E-state index in [9.17, 15) is 9.50 Å². The molecule has 2 aromatic carbocycles. The molecule has 2 aromatic rings. The van der Waals surface area contributed by atoms with Crippen molar-refractivity contribution in [2.24, 2.45) is 0 Å². The average molecular weight is 339 g/mol. The molecule has 106 valence electrons. The number of aliphatic hydroxyl groups is 1. The van der Waals surface area contributed by atoms with Crippen LogP contribution in [-0.4, -0.2) is 12.2 Å². The van der Waals surface area contributed by atoms with Crippen LogP contribution in [-0.2, 0) is 12.0 Å². The largest absolute Gasteiger partial charge is 0.497 e. The van der Waals surface area contributed by atoms with E-state index >= 15 is 0 Å². The van der Waals surface area contributed by atoms with E-state index in [-0.39, 0.29) is 5.82 Å². The summed E-state index contributed by atoms with van der Waals surface area (Å²) in [5.41, 5.74) is 0.523. The lowest BCUT2D eigenvalue weighted by molar-refractivity contribution is 0.0573. The minimum Gasteiger partial charge on any atom is -0.497 e. The van der Waals surface area contributed by atoms with Gasteiger partial charge in [0.2, 0.25) is 0 Å². The normalized spacial score (nSPS) is 13.8. The highest BCUT2D eigenvalue weighted by atomic mass is 79.9. The summed E-state index contributed by atoms with van der Waals surface area (Å²) < 4.78 is 19.1. The quantitative estimate of drug-likeness (QED) is 0.911. The van der Waals surface area contributed by atoms with Gasteiger partial charge in [0.15, 0.2) is 0 Å². The molecule has 1 N–H and O–H groups in total. The number of hydrogen-bond acceptors (Lipinski definition) is 2. The Morgan fingerprint density at radius 2 is 1.85 bits per heavy atom. The van der Waals surface area contributed by atoms with E-state index in [2.05, 4.69) is 15.9 Å². The summed E-state index contributed by atoms with van der Waals surface area (Å²) in [6.07, 6.45) is 0.399. The van der Waals surface area contributed by atoms with Crippen LogP contribution in [0.25, 0.3) is 0 Å². The Bertz CT molecular complexity index is 594. The summed E-state index contributed by atoms with van der Waals surface area (Å²) >= 11 is 3.47. The summed E-state index contributed by atoms with van der Waals surface area (Å²) in [6.45, 7) is 1.71. The van der Waals surface area contributed by atoms with Gasteiger partial charge in [-0.15, -0.1) is 0 Å². The maximum atomic E-state index is 13.0. The fourth-order valence-corrected chi connectivity index (χ4v) is 2.48. The molecule has 0 aliphatic rings. The van der Waals surface area contributed by atoms with Crippen LogP contribution in [0.2, 0.25) is 0 Å². The van der Waals surface area contributed by atoms with Crippen molar-refractivity contribution in [3.8, 4) is 5.75 Å². The number of ether oxygens (including phenoxy) is 1. The number of halogens is 2.